The Kier molecular flexibility index (Phi) is 8.32. The van der Waals surface area contributed by atoms with Crippen molar-refractivity contribution in [1.82, 2.24) is 14.8 Å². The molecule has 40 heavy (non-hydrogen) atoms. The van der Waals surface area contributed by atoms with Gasteiger partial charge in [-0.1, -0.05) is 26.7 Å². The van der Waals surface area contributed by atoms with Crippen LogP contribution in [0.1, 0.15) is 71.8 Å². The molecular formula is C32H40IN5O2. The molecule has 1 aliphatic heterocycles. The Bertz CT molecular complexity index is 1460. The number of benzene rings is 1. The zero-order valence-corrected chi connectivity index (χ0v) is 26.7. The summed E-state index contributed by atoms with van der Waals surface area (Å²) in [6, 6.07) is 8.13. The van der Waals surface area contributed by atoms with Gasteiger partial charge in [0.25, 0.3) is 5.88 Å². The van der Waals surface area contributed by atoms with E-state index in [-0.39, 0.29) is 12.0 Å². The first-order valence-electron chi connectivity index (χ1n) is 14.4. The van der Waals surface area contributed by atoms with Gasteiger partial charge in [-0.3, -0.25) is 14.4 Å². The van der Waals surface area contributed by atoms with E-state index in [0.29, 0.717) is 28.5 Å². The standard InChI is InChI=1S/C32H40IN5O2/c1-7-10-29(39)38(27-19-21(2)24(33)20-26(27)37-17-8-9-18-37)28-16-15-25-30(34-28)31(35-36(25)6)40-23-13-11-22(12-14-23)32(3,4)5/h15-16,19-20,22-23H,8-9,11-14,17-18H2,1-6H3. The van der Waals surface area contributed by atoms with Crippen LogP contribution in [0.2, 0.25) is 0 Å². The van der Waals surface area contributed by atoms with Crippen molar-refractivity contribution < 1.29 is 9.53 Å². The zero-order valence-electron chi connectivity index (χ0n) is 24.6. The predicted molar refractivity (Wildman–Crippen MR) is 170 cm³/mol. The molecule has 0 radical (unpaired) electrons. The number of ether oxygens (including phenoxy) is 1. The number of hydrogen-bond donors (Lipinski definition) is 0. The van der Waals surface area contributed by atoms with Crippen molar-refractivity contribution in [2.24, 2.45) is 18.4 Å². The number of carbonyl (C=O) groups excluding carboxylic acids is 1. The Morgan fingerprint density at radius 3 is 2.48 bits per heavy atom. The highest BCUT2D eigenvalue weighted by molar-refractivity contribution is 14.1. The lowest BCUT2D eigenvalue weighted by Gasteiger charge is -2.36. The quantitative estimate of drug-likeness (QED) is 0.216. The van der Waals surface area contributed by atoms with E-state index in [4.69, 9.17) is 14.8 Å². The van der Waals surface area contributed by atoms with Gasteiger partial charge in [-0.2, -0.15) is 0 Å². The van der Waals surface area contributed by atoms with E-state index < -0.39 is 0 Å². The molecule has 2 aromatic heterocycles. The molecule has 8 heteroatoms. The molecule has 0 spiro atoms. The van der Waals surface area contributed by atoms with E-state index in [0.717, 1.165) is 74.1 Å². The number of nitrogens with zero attached hydrogens (tertiary/aromatic N) is 5. The van der Waals surface area contributed by atoms with Crippen LogP contribution in [0.25, 0.3) is 11.0 Å². The van der Waals surface area contributed by atoms with E-state index in [1.54, 1.807) is 11.8 Å². The van der Waals surface area contributed by atoms with Crippen molar-refractivity contribution >= 4 is 56.7 Å². The number of rotatable bonds is 5. The molecule has 0 unspecified atom stereocenters. The molecule has 0 atom stereocenters. The third-order valence-electron chi connectivity index (χ3n) is 8.44. The van der Waals surface area contributed by atoms with Crippen LogP contribution in [0.5, 0.6) is 5.88 Å². The number of fused-ring (bicyclic) bond motifs is 1. The van der Waals surface area contributed by atoms with Crippen molar-refractivity contribution in [3.05, 3.63) is 33.4 Å². The van der Waals surface area contributed by atoms with E-state index in [9.17, 15) is 4.79 Å². The topological polar surface area (TPSA) is 63.5 Å². The summed E-state index contributed by atoms with van der Waals surface area (Å²) >= 11 is 2.37. The molecule has 212 valence electrons. The van der Waals surface area contributed by atoms with E-state index in [2.05, 4.69) is 79.2 Å². The van der Waals surface area contributed by atoms with Gasteiger partial charge in [0.1, 0.15) is 11.9 Å². The SMILES string of the molecule is CC#CC(=O)N(c1ccc2c(n1)c(OC1CCC(C(C)(C)C)CC1)nn2C)c1cc(C)c(I)cc1N1CCCC1. The molecule has 1 aromatic carbocycles. The van der Waals surface area contributed by atoms with Gasteiger partial charge in [-0.05, 0) is 122 Å². The van der Waals surface area contributed by atoms with Gasteiger partial charge in [0.2, 0.25) is 0 Å². The number of halogens is 1. The lowest BCUT2D eigenvalue weighted by molar-refractivity contribution is -0.112. The molecule has 1 amide bonds. The number of pyridine rings is 1. The monoisotopic (exact) mass is 653 g/mol. The molecule has 0 bridgehead atoms. The second-order valence-electron chi connectivity index (χ2n) is 12.2. The maximum atomic E-state index is 13.6. The van der Waals surface area contributed by atoms with Crippen molar-refractivity contribution in [3.8, 4) is 17.7 Å². The minimum absolute atomic E-state index is 0.117. The second kappa shape index (κ2) is 11.6. The summed E-state index contributed by atoms with van der Waals surface area (Å²) in [6.45, 7) is 12.7. The maximum Gasteiger partial charge on any atom is 0.308 e. The molecule has 1 saturated carbocycles. The summed E-state index contributed by atoms with van der Waals surface area (Å²) in [7, 11) is 1.91. The van der Waals surface area contributed by atoms with Gasteiger partial charge in [-0.15, -0.1) is 5.10 Å². The van der Waals surface area contributed by atoms with Crippen LogP contribution < -0.4 is 14.5 Å². The first-order valence-corrected chi connectivity index (χ1v) is 15.5. The summed E-state index contributed by atoms with van der Waals surface area (Å²) in [5.41, 5.74) is 4.82. The lowest BCUT2D eigenvalue weighted by Crippen LogP contribution is -2.30. The molecule has 0 N–H and O–H groups in total. The van der Waals surface area contributed by atoms with E-state index >= 15 is 0 Å². The normalized spacial score (nSPS) is 19.4. The van der Waals surface area contributed by atoms with Gasteiger partial charge in [0.05, 0.1) is 16.9 Å². The largest absolute Gasteiger partial charge is 0.472 e. The van der Waals surface area contributed by atoms with Crippen LogP contribution in [-0.4, -0.2) is 39.9 Å². The van der Waals surface area contributed by atoms with Crippen LogP contribution in [0.15, 0.2) is 24.3 Å². The third-order valence-corrected chi connectivity index (χ3v) is 9.60. The van der Waals surface area contributed by atoms with Crippen LogP contribution in [-0.2, 0) is 11.8 Å². The highest BCUT2D eigenvalue weighted by Crippen LogP contribution is 2.41. The van der Waals surface area contributed by atoms with Gasteiger partial charge >= 0.3 is 5.91 Å². The van der Waals surface area contributed by atoms with Crippen molar-refractivity contribution in [2.75, 3.05) is 22.9 Å². The average molecular weight is 654 g/mol. The van der Waals surface area contributed by atoms with Crippen LogP contribution in [0.4, 0.5) is 17.2 Å². The Hall–Kier alpha value is -2.80. The summed E-state index contributed by atoms with van der Waals surface area (Å²) in [6.07, 6.45) is 6.73. The first kappa shape index (κ1) is 28.7. The highest BCUT2D eigenvalue weighted by Gasteiger charge is 2.32. The van der Waals surface area contributed by atoms with Crippen LogP contribution in [0.3, 0.4) is 0 Å². The van der Waals surface area contributed by atoms with Crippen LogP contribution in [0, 0.1) is 33.7 Å². The Balaban J connectivity index is 1.54. The van der Waals surface area contributed by atoms with Crippen LogP contribution >= 0.6 is 22.6 Å². The zero-order chi connectivity index (χ0) is 28.6. The van der Waals surface area contributed by atoms with Gasteiger partial charge in [0, 0.05) is 23.7 Å². The fourth-order valence-corrected chi connectivity index (χ4v) is 6.50. The molecular weight excluding hydrogens is 613 g/mol. The third kappa shape index (κ3) is 5.81. The van der Waals surface area contributed by atoms with E-state index in [1.807, 2.05) is 23.9 Å². The molecule has 3 heterocycles. The Morgan fingerprint density at radius 1 is 1.12 bits per heavy atom. The fourth-order valence-electron chi connectivity index (χ4n) is 6.05. The van der Waals surface area contributed by atoms with E-state index in [1.165, 1.54) is 3.57 Å². The number of aromatic nitrogens is 3. The Labute approximate surface area is 251 Å². The average Bonchev–Trinajstić information content (AvgIpc) is 3.55. The number of carbonyl (C=O) groups is 1. The molecule has 7 nitrogen and oxygen atoms in total. The molecule has 2 fully saturated rings. The summed E-state index contributed by atoms with van der Waals surface area (Å²) in [5, 5.41) is 4.70. The molecule has 2 aliphatic rings. The summed E-state index contributed by atoms with van der Waals surface area (Å²) < 4.78 is 9.49. The molecule has 3 aromatic rings. The minimum Gasteiger partial charge on any atom is -0.472 e. The number of hydrogen-bond acceptors (Lipinski definition) is 5. The highest BCUT2D eigenvalue weighted by atomic mass is 127. The summed E-state index contributed by atoms with van der Waals surface area (Å²) in [4.78, 5) is 22.7. The van der Waals surface area contributed by atoms with Gasteiger partial charge < -0.3 is 9.64 Å². The lowest BCUT2D eigenvalue weighted by atomic mass is 9.72. The van der Waals surface area contributed by atoms with Crippen molar-refractivity contribution in [3.63, 3.8) is 0 Å². The fraction of sp³-hybridized carbons (Fsp3) is 0.531. The number of anilines is 3. The van der Waals surface area contributed by atoms with Gasteiger partial charge in [0.15, 0.2) is 5.52 Å². The number of aryl methyl sites for hydroxylation is 2. The maximum absolute atomic E-state index is 13.6. The summed E-state index contributed by atoms with van der Waals surface area (Å²) in [5.74, 6) is 7.03. The minimum atomic E-state index is -0.303. The molecule has 1 aliphatic carbocycles. The second-order valence-corrected chi connectivity index (χ2v) is 13.4. The number of amides is 1. The first-order chi connectivity index (χ1) is 19.1. The predicted octanol–water partition coefficient (Wildman–Crippen LogP) is 7.15. The smallest absolute Gasteiger partial charge is 0.308 e. The molecule has 5 rings (SSSR count). The Morgan fingerprint density at radius 2 is 1.82 bits per heavy atom. The molecule has 1 saturated heterocycles. The van der Waals surface area contributed by atoms with Gasteiger partial charge in [-0.25, -0.2) is 4.98 Å². The van der Waals surface area contributed by atoms with Crippen molar-refractivity contribution in [1.29, 1.82) is 0 Å². The van der Waals surface area contributed by atoms with Crippen molar-refractivity contribution in [2.45, 2.75) is 79.2 Å².